The summed E-state index contributed by atoms with van der Waals surface area (Å²) in [6, 6.07) is 3.31. The smallest absolute Gasteiger partial charge is 0.269 e. The highest BCUT2D eigenvalue weighted by Gasteiger charge is 2.31. The molecule has 0 radical (unpaired) electrons. The number of carboxylic acids is 1. The highest BCUT2D eigenvalue weighted by Crippen LogP contribution is 2.34. The van der Waals surface area contributed by atoms with Crippen molar-refractivity contribution in [3.8, 4) is 5.75 Å². The van der Waals surface area contributed by atoms with Crippen molar-refractivity contribution in [2.24, 2.45) is 0 Å². The first-order valence-corrected chi connectivity index (χ1v) is 8.92. The van der Waals surface area contributed by atoms with Gasteiger partial charge in [-0.15, -0.1) is 5.75 Å². The van der Waals surface area contributed by atoms with E-state index in [2.05, 4.69) is 0 Å². The molecule has 1 heterocycles. The zero-order valence-electron chi connectivity index (χ0n) is 13.5. The maximum Gasteiger partial charge on any atom is 0.269 e. The van der Waals surface area contributed by atoms with Crippen molar-refractivity contribution < 1.29 is 24.7 Å². The SMILES string of the molecule is O=C([O-])CCCCCN1C(=O)/C(=C\c2cc([N+](=O)[O-])ccc2[O-])SC1=S. The van der Waals surface area contributed by atoms with Gasteiger partial charge in [0.2, 0.25) is 0 Å². The number of thiocarbonyl (C=S) groups is 1. The van der Waals surface area contributed by atoms with E-state index in [4.69, 9.17) is 12.2 Å². The van der Waals surface area contributed by atoms with E-state index in [9.17, 15) is 29.9 Å². The van der Waals surface area contributed by atoms with Crippen LogP contribution >= 0.6 is 24.0 Å². The quantitative estimate of drug-likeness (QED) is 0.211. The van der Waals surface area contributed by atoms with E-state index < -0.39 is 16.6 Å². The first-order chi connectivity index (χ1) is 12.3. The Labute approximate surface area is 158 Å². The Balaban J connectivity index is 2.06. The van der Waals surface area contributed by atoms with Crippen molar-refractivity contribution in [3.05, 3.63) is 38.8 Å². The fourth-order valence-corrected chi connectivity index (χ4v) is 3.61. The van der Waals surface area contributed by atoms with Crippen LogP contribution in [0, 0.1) is 10.1 Å². The number of amides is 1. The van der Waals surface area contributed by atoms with Gasteiger partial charge in [0.1, 0.15) is 4.32 Å². The summed E-state index contributed by atoms with van der Waals surface area (Å²) in [5, 5.41) is 33.0. The molecule has 0 saturated carbocycles. The minimum absolute atomic E-state index is 0.0304. The van der Waals surface area contributed by atoms with Crippen LogP contribution in [-0.4, -0.2) is 32.6 Å². The normalized spacial score (nSPS) is 15.7. The van der Waals surface area contributed by atoms with Gasteiger partial charge in [-0.25, -0.2) is 0 Å². The van der Waals surface area contributed by atoms with Gasteiger partial charge >= 0.3 is 0 Å². The summed E-state index contributed by atoms with van der Waals surface area (Å²) in [5.74, 6) is -1.90. The van der Waals surface area contributed by atoms with Gasteiger partial charge in [0.05, 0.1) is 9.83 Å². The Morgan fingerprint density at radius 2 is 2.04 bits per heavy atom. The number of hydrogen-bond acceptors (Lipinski definition) is 8. The summed E-state index contributed by atoms with van der Waals surface area (Å²) in [5.41, 5.74) is -0.187. The Hall–Kier alpha value is -2.46. The highest BCUT2D eigenvalue weighted by molar-refractivity contribution is 8.26. The predicted molar refractivity (Wildman–Crippen MR) is 95.9 cm³/mol. The number of aliphatic carboxylic acids is 1. The molecule has 8 nitrogen and oxygen atoms in total. The van der Waals surface area contributed by atoms with Crippen molar-refractivity contribution in [1.29, 1.82) is 0 Å². The molecule has 2 rings (SSSR count). The molecule has 0 bridgehead atoms. The Morgan fingerprint density at radius 3 is 2.69 bits per heavy atom. The number of nitro benzene ring substituents is 1. The minimum atomic E-state index is -1.11. The molecule has 1 amide bonds. The Kier molecular flexibility index (Phi) is 6.70. The number of rotatable bonds is 8. The van der Waals surface area contributed by atoms with E-state index in [1.165, 1.54) is 11.0 Å². The zero-order chi connectivity index (χ0) is 19.3. The summed E-state index contributed by atoms with van der Waals surface area (Å²) in [6.07, 6.45) is 2.93. The van der Waals surface area contributed by atoms with Gasteiger partial charge in [0, 0.05) is 24.6 Å². The standard InChI is InChI=1S/C16H16N2O6S2/c19-12-6-5-11(18(23)24)8-10(12)9-13-15(22)17(16(25)26-13)7-3-1-2-4-14(20)21/h5-6,8-9,19H,1-4,7H2,(H,20,21)/p-2/b13-9+. The van der Waals surface area contributed by atoms with Crippen LogP contribution in [0.25, 0.3) is 6.08 Å². The molecular weight excluding hydrogens is 380 g/mol. The molecule has 10 heteroatoms. The second-order valence-electron chi connectivity index (χ2n) is 5.50. The Morgan fingerprint density at radius 1 is 1.31 bits per heavy atom. The van der Waals surface area contributed by atoms with E-state index in [1.807, 2.05) is 0 Å². The lowest BCUT2D eigenvalue weighted by atomic mass is 10.1. The number of carbonyl (C=O) groups excluding carboxylic acids is 2. The average Bonchev–Trinajstić information content (AvgIpc) is 2.83. The van der Waals surface area contributed by atoms with Gasteiger partial charge in [-0.1, -0.05) is 36.5 Å². The maximum atomic E-state index is 12.4. The Bertz CT molecular complexity index is 793. The van der Waals surface area contributed by atoms with E-state index in [-0.39, 0.29) is 28.5 Å². The minimum Gasteiger partial charge on any atom is -0.872 e. The van der Waals surface area contributed by atoms with Crippen LogP contribution in [0.5, 0.6) is 5.75 Å². The number of carbonyl (C=O) groups is 2. The lowest BCUT2D eigenvalue weighted by Gasteiger charge is -2.14. The van der Waals surface area contributed by atoms with Gasteiger partial charge in [0.15, 0.2) is 0 Å². The molecule has 0 N–H and O–H groups in total. The second kappa shape index (κ2) is 8.77. The van der Waals surface area contributed by atoms with Crippen molar-refractivity contribution in [1.82, 2.24) is 4.90 Å². The third-order valence-corrected chi connectivity index (χ3v) is 5.00. The topological polar surface area (TPSA) is 127 Å². The van der Waals surface area contributed by atoms with Crippen LogP contribution in [0.15, 0.2) is 23.1 Å². The fraction of sp³-hybridized carbons (Fsp3) is 0.312. The fourth-order valence-electron chi connectivity index (χ4n) is 2.31. The van der Waals surface area contributed by atoms with Gasteiger partial charge in [-0.2, -0.15) is 0 Å². The second-order valence-corrected chi connectivity index (χ2v) is 7.17. The van der Waals surface area contributed by atoms with Crippen LogP contribution in [0.2, 0.25) is 0 Å². The summed E-state index contributed by atoms with van der Waals surface area (Å²) in [6.45, 7) is 0.341. The number of carboxylic acid groups (broad SMARTS) is 1. The number of hydrogen-bond donors (Lipinski definition) is 0. The van der Waals surface area contributed by atoms with E-state index in [0.717, 1.165) is 30.0 Å². The van der Waals surface area contributed by atoms with Crippen molar-refractivity contribution in [3.63, 3.8) is 0 Å². The van der Waals surface area contributed by atoms with Gasteiger partial charge in [-0.05, 0) is 30.9 Å². The maximum absolute atomic E-state index is 12.4. The van der Waals surface area contributed by atoms with E-state index >= 15 is 0 Å². The van der Waals surface area contributed by atoms with Crippen LogP contribution in [0.4, 0.5) is 5.69 Å². The molecule has 1 aromatic carbocycles. The zero-order valence-corrected chi connectivity index (χ0v) is 15.1. The molecule has 1 aromatic rings. The molecule has 0 unspecified atom stereocenters. The number of unbranched alkanes of at least 4 members (excludes halogenated alkanes) is 2. The lowest BCUT2D eigenvalue weighted by Crippen LogP contribution is -2.29. The summed E-state index contributed by atoms with van der Waals surface area (Å²) in [4.78, 5) is 34.6. The van der Waals surface area contributed by atoms with Crippen LogP contribution in [0.3, 0.4) is 0 Å². The van der Waals surface area contributed by atoms with Crippen LogP contribution < -0.4 is 10.2 Å². The molecule has 26 heavy (non-hydrogen) atoms. The van der Waals surface area contributed by atoms with E-state index in [0.29, 0.717) is 30.1 Å². The first kappa shape index (κ1) is 19.9. The molecule has 0 spiro atoms. The molecule has 1 saturated heterocycles. The largest absolute Gasteiger partial charge is 0.872 e. The number of nitrogens with zero attached hydrogens (tertiary/aromatic N) is 2. The van der Waals surface area contributed by atoms with Crippen molar-refractivity contribution >= 4 is 51.9 Å². The predicted octanol–water partition coefficient (Wildman–Crippen LogP) is 1.18. The summed E-state index contributed by atoms with van der Waals surface area (Å²) >= 11 is 6.19. The molecule has 0 aliphatic carbocycles. The molecule has 138 valence electrons. The molecular formula is C16H14N2O6S2-2. The third kappa shape index (κ3) is 5.02. The number of benzene rings is 1. The number of thioether (sulfide) groups is 1. The molecule has 0 aromatic heterocycles. The molecule has 0 atom stereocenters. The van der Waals surface area contributed by atoms with Crippen LogP contribution in [0.1, 0.15) is 31.2 Å². The van der Waals surface area contributed by atoms with Crippen molar-refractivity contribution in [2.75, 3.05) is 6.54 Å². The van der Waals surface area contributed by atoms with Gasteiger partial charge < -0.3 is 15.0 Å². The molecule has 1 fully saturated rings. The monoisotopic (exact) mass is 394 g/mol. The highest BCUT2D eigenvalue weighted by atomic mass is 32.2. The first-order valence-electron chi connectivity index (χ1n) is 7.70. The van der Waals surface area contributed by atoms with Crippen LogP contribution in [-0.2, 0) is 9.59 Å². The summed E-state index contributed by atoms with van der Waals surface area (Å²) < 4.78 is 0.332. The number of nitro groups is 1. The molecule has 1 aliphatic rings. The number of non-ortho nitro benzene ring substituents is 1. The van der Waals surface area contributed by atoms with Gasteiger partial charge in [0.25, 0.3) is 11.6 Å². The molecule has 1 aliphatic heterocycles. The lowest BCUT2D eigenvalue weighted by molar-refractivity contribution is -0.385. The third-order valence-electron chi connectivity index (χ3n) is 3.63. The van der Waals surface area contributed by atoms with E-state index in [1.54, 1.807) is 0 Å². The summed E-state index contributed by atoms with van der Waals surface area (Å²) in [7, 11) is 0. The average molecular weight is 394 g/mol. The van der Waals surface area contributed by atoms with Gasteiger partial charge in [-0.3, -0.25) is 19.8 Å². The van der Waals surface area contributed by atoms with Crippen molar-refractivity contribution in [2.45, 2.75) is 25.7 Å².